The highest BCUT2D eigenvalue weighted by molar-refractivity contribution is 5.76. The molecule has 6 nitrogen and oxygen atoms in total. The topological polar surface area (TPSA) is 48.9 Å². The Morgan fingerprint density at radius 2 is 2.03 bits per heavy atom. The van der Waals surface area contributed by atoms with E-state index < -0.39 is 0 Å². The Hall–Kier alpha value is -1.50. The Balaban J connectivity index is 1.35. The van der Waals surface area contributed by atoms with Gasteiger partial charge in [-0.2, -0.15) is 5.06 Å². The Morgan fingerprint density at radius 1 is 1.13 bits per heavy atom. The predicted octanol–water partition coefficient (Wildman–Crippen LogP) is 3.48. The first kappa shape index (κ1) is 21.7. The van der Waals surface area contributed by atoms with Gasteiger partial charge >= 0.3 is 0 Å². The minimum atomic E-state index is 0.240. The van der Waals surface area contributed by atoms with E-state index >= 15 is 0 Å². The summed E-state index contributed by atoms with van der Waals surface area (Å²) in [7, 11) is 0. The minimum Gasteiger partial charge on any atom is -0.338 e. The van der Waals surface area contributed by atoms with E-state index in [1.54, 1.807) is 6.20 Å². The molecule has 1 amide bonds. The molecule has 3 heterocycles. The summed E-state index contributed by atoms with van der Waals surface area (Å²) in [4.78, 5) is 27.8. The number of amides is 1. The van der Waals surface area contributed by atoms with E-state index in [-0.39, 0.29) is 5.91 Å². The highest BCUT2D eigenvalue weighted by Gasteiger charge is 2.29. The van der Waals surface area contributed by atoms with Crippen LogP contribution in [-0.4, -0.2) is 71.1 Å². The largest absolute Gasteiger partial charge is 0.338 e. The molecule has 0 bridgehead atoms. The van der Waals surface area contributed by atoms with Crippen LogP contribution in [0.15, 0.2) is 24.5 Å². The molecule has 1 saturated carbocycles. The van der Waals surface area contributed by atoms with Crippen LogP contribution >= 0.6 is 0 Å². The molecule has 0 spiro atoms. The van der Waals surface area contributed by atoms with Crippen molar-refractivity contribution < 1.29 is 9.63 Å². The lowest BCUT2D eigenvalue weighted by molar-refractivity contribution is -0.140. The molecule has 6 heteroatoms. The van der Waals surface area contributed by atoms with Gasteiger partial charge in [0, 0.05) is 57.6 Å². The summed E-state index contributed by atoms with van der Waals surface area (Å²) in [6.07, 6.45) is 14.7. The summed E-state index contributed by atoms with van der Waals surface area (Å²) >= 11 is 0. The summed E-state index contributed by atoms with van der Waals surface area (Å²) in [5.41, 5.74) is 1.11. The van der Waals surface area contributed by atoms with Gasteiger partial charge in [0.25, 0.3) is 0 Å². The monoisotopic (exact) mass is 414 g/mol. The van der Waals surface area contributed by atoms with Crippen molar-refractivity contribution in [3.05, 3.63) is 30.1 Å². The predicted molar refractivity (Wildman–Crippen MR) is 118 cm³/mol. The molecule has 1 aromatic rings. The van der Waals surface area contributed by atoms with Crippen molar-refractivity contribution in [3.8, 4) is 0 Å². The molecule has 1 atom stereocenters. The van der Waals surface area contributed by atoms with E-state index in [9.17, 15) is 4.79 Å². The van der Waals surface area contributed by atoms with Gasteiger partial charge in [-0.25, -0.2) is 0 Å². The highest BCUT2D eigenvalue weighted by atomic mass is 16.7. The van der Waals surface area contributed by atoms with Crippen LogP contribution in [0.1, 0.15) is 63.4 Å². The van der Waals surface area contributed by atoms with Crippen molar-refractivity contribution in [1.29, 1.82) is 0 Å². The Bertz CT molecular complexity index is 644. The van der Waals surface area contributed by atoms with Crippen molar-refractivity contribution >= 4 is 5.91 Å². The van der Waals surface area contributed by atoms with Gasteiger partial charge in [0.05, 0.1) is 6.61 Å². The van der Waals surface area contributed by atoms with Crippen LogP contribution in [0.2, 0.25) is 0 Å². The number of pyridine rings is 1. The fraction of sp³-hybridized carbons (Fsp3) is 0.750. The van der Waals surface area contributed by atoms with E-state index in [1.807, 2.05) is 17.3 Å². The molecule has 3 aliphatic rings. The first-order valence-electron chi connectivity index (χ1n) is 12.1. The zero-order valence-electron chi connectivity index (χ0n) is 18.4. The number of likely N-dealkylation sites (tertiary alicyclic amines) is 1. The van der Waals surface area contributed by atoms with E-state index in [0.29, 0.717) is 25.4 Å². The first-order valence-corrected chi connectivity index (χ1v) is 12.1. The molecule has 2 aliphatic heterocycles. The van der Waals surface area contributed by atoms with E-state index in [4.69, 9.17) is 4.84 Å². The number of rotatable bonds is 8. The van der Waals surface area contributed by atoms with Crippen LogP contribution in [0.25, 0.3) is 0 Å². The lowest BCUT2D eigenvalue weighted by Gasteiger charge is -2.41. The average molecular weight is 415 g/mol. The van der Waals surface area contributed by atoms with Gasteiger partial charge in [0.15, 0.2) is 0 Å². The highest BCUT2D eigenvalue weighted by Crippen LogP contribution is 2.28. The number of hydrogen-bond donors (Lipinski definition) is 0. The number of aromatic nitrogens is 1. The quantitative estimate of drug-likeness (QED) is 0.652. The summed E-state index contributed by atoms with van der Waals surface area (Å²) in [5, 5.41) is 1.95. The molecule has 0 radical (unpaired) electrons. The van der Waals surface area contributed by atoms with Gasteiger partial charge in [0.1, 0.15) is 0 Å². The van der Waals surface area contributed by atoms with Crippen molar-refractivity contribution in [2.75, 3.05) is 39.3 Å². The average Bonchev–Trinajstić information content (AvgIpc) is 3.32. The Labute approximate surface area is 181 Å². The molecule has 2 saturated heterocycles. The fourth-order valence-corrected chi connectivity index (χ4v) is 5.36. The summed E-state index contributed by atoms with van der Waals surface area (Å²) in [5.74, 6) is 0.813. The van der Waals surface area contributed by atoms with Gasteiger partial charge < -0.3 is 9.80 Å². The maximum Gasteiger partial charge on any atom is 0.224 e. The number of carbonyl (C=O) groups is 1. The van der Waals surface area contributed by atoms with Crippen LogP contribution < -0.4 is 0 Å². The SMILES string of the molecule is O=C(CCN1CCCO1)N(Cc1cccnc1)C[C@@H]1CCCN(C2CCCCC2)C1. The smallest absolute Gasteiger partial charge is 0.224 e. The second-order valence-corrected chi connectivity index (χ2v) is 9.30. The van der Waals surface area contributed by atoms with Gasteiger partial charge in [-0.05, 0) is 56.2 Å². The maximum atomic E-state index is 13.2. The van der Waals surface area contributed by atoms with Crippen LogP contribution in [0, 0.1) is 5.92 Å². The van der Waals surface area contributed by atoms with Crippen LogP contribution in [-0.2, 0) is 16.2 Å². The standard InChI is InChI=1S/C24H38N4O2/c29-24(11-15-28-14-6-16-30-28)27(18-21-7-4-12-25-17-21)20-22-8-5-13-26(19-22)23-9-2-1-3-10-23/h4,7,12,17,22-23H,1-3,5-6,8-11,13-16,18-20H2/t22-/m1/s1. The number of hydroxylamine groups is 2. The second-order valence-electron chi connectivity index (χ2n) is 9.30. The van der Waals surface area contributed by atoms with Gasteiger partial charge in [-0.3, -0.25) is 14.6 Å². The Kier molecular flexibility index (Phi) is 8.12. The Morgan fingerprint density at radius 3 is 2.80 bits per heavy atom. The molecular weight excluding hydrogens is 376 g/mol. The van der Waals surface area contributed by atoms with Crippen LogP contribution in [0.4, 0.5) is 0 Å². The molecule has 1 aromatic heterocycles. The fourth-order valence-electron chi connectivity index (χ4n) is 5.36. The number of hydrogen-bond acceptors (Lipinski definition) is 5. The zero-order chi connectivity index (χ0) is 20.6. The zero-order valence-corrected chi connectivity index (χ0v) is 18.4. The first-order chi connectivity index (χ1) is 14.8. The number of nitrogens with zero attached hydrogens (tertiary/aromatic N) is 4. The van der Waals surface area contributed by atoms with Crippen molar-refractivity contribution in [2.24, 2.45) is 5.92 Å². The van der Waals surface area contributed by atoms with Crippen molar-refractivity contribution in [1.82, 2.24) is 19.8 Å². The molecule has 3 fully saturated rings. The van der Waals surface area contributed by atoms with Gasteiger partial charge in [0.2, 0.25) is 5.91 Å². The lowest BCUT2D eigenvalue weighted by atomic mass is 9.90. The third-order valence-corrected chi connectivity index (χ3v) is 6.97. The molecule has 166 valence electrons. The van der Waals surface area contributed by atoms with E-state index in [0.717, 1.165) is 44.3 Å². The van der Waals surface area contributed by atoms with Crippen LogP contribution in [0.3, 0.4) is 0 Å². The third-order valence-electron chi connectivity index (χ3n) is 6.97. The summed E-state index contributed by atoms with van der Waals surface area (Å²) < 4.78 is 0. The molecule has 0 unspecified atom stereocenters. The van der Waals surface area contributed by atoms with E-state index in [2.05, 4.69) is 20.9 Å². The normalized spacial score (nSPS) is 24.2. The van der Waals surface area contributed by atoms with Crippen molar-refractivity contribution in [2.45, 2.75) is 70.4 Å². The number of piperidine rings is 1. The molecule has 30 heavy (non-hydrogen) atoms. The second kappa shape index (κ2) is 11.2. The van der Waals surface area contributed by atoms with Gasteiger partial charge in [-0.15, -0.1) is 0 Å². The third kappa shape index (κ3) is 6.25. The van der Waals surface area contributed by atoms with E-state index in [1.165, 1.54) is 51.5 Å². The number of carbonyl (C=O) groups excluding carboxylic acids is 1. The minimum absolute atomic E-state index is 0.240. The molecular formula is C24H38N4O2. The van der Waals surface area contributed by atoms with Gasteiger partial charge in [-0.1, -0.05) is 25.3 Å². The molecule has 4 rings (SSSR count). The lowest BCUT2D eigenvalue weighted by Crippen LogP contribution is -2.47. The van der Waals surface area contributed by atoms with Crippen molar-refractivity contribution in [3.63, 3.8) is 0 Å². The molecule has 1 aliphatic carbocycles. The summed E-state index contributed by atoms with van der Waals surface area (Å²) in [6.45, 7) is 6.33. The molecule has 0 aromatic carbocycles. The molecule has 0 N–H and O–H groups in total. The summed E-state index contributed by atoms with van der Waals surface area (Å²) in [6, 6.07) is 4.81. The van der Waals surface area contributed by atoms with Crippen LogP contribution in [0.5, 0.6) is 0 Å². The maximum absolute atomic E-state index is 13.2.